The standard InChI is InChI=1S/C17H25NO2/c1-12(2)14-8-6-13(7-9-14)11-18-16-5-3-4-15(10-16)17(19)20/h6-9,12,15-16,18H,3-5,10-11H2,1-2H3,(H,19,20). The minimum Gasteiger partial charge on any atom is -0.481 e. The monoisotopic (exact) mass is 275 g/mol. The van der Waals surface area contributed by atoms with Crippen molar-refractivity contribution in [3.8, 4) is 0 Å². The molecule has 2 atom stereocenters. The fourth-order valence-electron chi connectivity index (χ4n) is 2.88. The van der Waals surface area contributed by atoms with Gasteiger partial charge in [-0.2, -0.15) is 0 Å². The Kier molecular flexibility index (Phi) is 5.18. The molecule has 2 unspecified atom stereocenters. The van der Waals surface area contributed by atoms with Gasteiger partial charge in [0.2, 0.25) is 0 Å². The van der Waals surface area contributed by atoms with Crippen molar-refractivity contribution in [2.75, 3.05) is 0 Å². The molecule has 2 rings (SSSR count). The third-order valence-corrected chi connectivity index (χ3v) is 4.26. The number of carboxylic acids is 1. The van der Waals surface area contributed by atoms with E-state index in [4.69, 9.17) is 5.11 Å². The van der Waals surface area contributed by atoms with Crippen molar-refractivity contribution < 1.29 is 9.90 Å². The van der Waals surface area contributed by atoms with Crippen LogP contribution in [0.5, 0.6) is 0 Å². The molecular weight excluding hydrogens is 250 g/mol. The van der Waals surface area contributed by atoms with Gasteiger partial charge in [0.05, 0.1) is 5.92 Å². The first-order valence-electron chi connectivity index (χ1n) is 7.61. The first-order chi connectivity index (χ1) is 9.56. The zero-order valence-electron chi connectivity index (χ0n) is 12.4. The van der Waals surface area contributed by atoms with E-state index in [2.05, 4.69) is 43.4 Å². The van der Waals surface area contributed by atoms with Gasteiger partial charge in [-0.25, -0.2) is 0 Å². The number of hydrogen-bond donors (Lipinski definition) is 2. The van der Waals surface area contributed by atoms with E-state index >= 15 is 0 Å². The smallest absolute Gasteiger partial charge is 0.306 e. The lowest BCUT2D eigenvalue weighted by atomic mass is 9.85. The molecule has 0 saturated heterocycles. The van der Waals surface area contributed by atoms with E-state index in [-0.39, 0.29) is 5.92 Å². The molecule has 0 aliphatic heterocycles. The Bertz CT molecular complexity index is 439. The molecule has 1 aliphatic carbocycles. The van der Waals surface area contributed by atoms with Crippen molar-refractivity contribution in [1.29, 1.82) is 0 Å². The summed E-state index contributed by atoms with van der Waals surface area (Å²) in [7, 11) is 0. The van der Waals surface area contributed by atoms with Crippen molar-refractivity contribution in [1.82, 2.24) is 5.32 Å². The molecule has 1 fully saturated rings. The molecule has 0 bridgehead atoms. The largest absolute Gasteiger partial charge is 0.481 e. The lowest BCUT2D eigenvalue weighted by Crippen LogP contribution is -2.36. The van der Waals surface area contributed by atoms with Gasteiger partial charge in [0.1, 0.15) is 0 Å². The van der Waals surface area contributed by atoms with Crippen molar-refractivity contribution in [2.45, 2.75) is 58.0 Å². The summed E-state index contributed by atoms with van der Waals surface area (Å²) in [6.07, 6.45) is 3.70. The van der Waals surface area contributed by atoms with Gasteiger partial charge in [0, 0.05) is 12.6 Å². The van der Waals surface area contributed by atoms with Crippen LogP contribution in [0.25, 0.3) is 0 Å². The third kappa shape index (κ3) is 4.07. The van der Waals surface area contributed by atoms with Gasteiger partial charge >= 0.3 is 5.97 Å². The Morgan fingerprint density at radius 1 is 1.30 bits per heavy atom. The predicted octanol–water partition coefficient (Wildman–Crippen LogP) is 3.54. The van der Waals surface area contributed by atoms with E-state index in [1.807, 2.05) is 0 Å². The molecule has 0 spiro atoms. The van der Waals surface area contributed by atoms with Crippen molar-refractivity contribution in [3.63, 3.8) is 0 Å². The minimum atomic E-state index is -0.641. The molecule has 3 nitrogen and oxygen atoms in total. The Labute approximate surface area is 121 Å². The number of benzene rings is 1. The summed E-state index contributed by atoms with van der Waals surface area (Å²) in [6.45, 7) is 5.22. The van der Waals surface area contributed by atoms with E-state index in [1.54, 1.807) is 0 Å². The van der Waals surface area contributed by atoms with Crippen LogP contribution in [0.1, 0.15) is 56.6 Å². The van der Waals surface area contributed by atoms with Crippen LogP contribution in [-0.4, -0.2) is 17.1 Å². The highest BCUT2D eigenvalue weighted by Crippen LogP contribution is 2.24. The number of rotatable bonds is 5. The van der Waals surface area contributed by atoms with Gasteiger partial charge < -0.3 is 10.4 Å². The molecule has 1 aromatic carbocycles. The Balaban J connectivity index is 1.84. The number of nitrogens with one attached hydrogen (secondary N) is 1. The van der Waals surface area contributed by atoms with Crippen LogP contribution in [0.3, 0.4) is 0 Å². The van der Waals surface area contributed by atoms with Crippen LogP contribution >= 0.6 is 0 Å². The molecular formula is C17H25NO2. The summed E-state index contributed by atoms with van der Waals surface area (Å²) in [4.78, 5) is 11.0. The highest BCUT2D eigenvalue weighted by molar-refractivity contribution is 5.70. The first-order valence-corrected chi connectivity index (χ1v) is 7.61. The lowest BCUT2D eigenvalue weighted by Gasteiger charge is -2.27. The van der Waals surface area contributed by atoms with Gasteiger partial charge in [-0.15, -0.1) is 0 Å². The zero-order valence-corrected chi connectivity index (χ0v) is 12.4. The summed E-state index contributed by atoms with van der Waals surface area (Å²) in [6, 6.07) is 9.04. The fourth-order valence-corrected chi connectivity index (χ4v) is 2.88. The zero-order chi connectivity index (χ0) is 14.5. The van der Waals surface area contributed by atoms with Gasteiger partial charge in [0.15, 0.2) is 0 Å². The van der Waals surface area contributed by atoms with E-state index < -0.39 is 5.97 Å². The number of aliphatic carboxylic acids is 1. The highest BCUT2D eigenvalue weighted by Gasteiger charge is 2.26. The predicted molar refractivity (Wildman–Crippen MR) is 80.8 cm³/mol. The highest BCUT2D eigenvalue weighted by atomic mass is 16.4. The first kappa shape index (κ1) is 15.0. The normalized spacial score (nSPS) is 22.9. The second-order valence-corrected chi connectivity index (χ2v) is 6.18. The van der Waals surface area contributed by atoms with Crippen molar-refractivity contribution in [3.05, 3.63) is 35.4 Å². The van der Waals surface area contributed by atoms with Crippen LogP contribution in [0.2, 0.25) is 0 Å². The van der Waals surface area contributed by atoms with Crippen molar-refractivity contribution >= 4 is 5.97 Å². The van der Waals surface area contributed by atoms with Crippen LogP contribution in [0.15, 0.2) is 24.3 Å². The average molecular weight is 275 g/mol. The number of hydrogen-bond acceptors (Lipinski definition) is 2. The maximum absolute atomic E-state index is 11.0. The van der Waals surface area contributed by atoms with Gasteiger partial charge in [-0.1, -0.05) is 44.5 Å². The molecule has 0 amide bonds. The Morgan fingerprint density at radius 3 is 2.60 bits per heavy atom. The second-order valence-electron chi connectivity index (χ2n) is 6.18. The summed E-state index contributed by atoms with van der Waals surface area (Å²) >= 11 is 0. The van der Waals surface area contributed by atoms with Crippen LogP contribution < -0.4 is 5.32 Å². The summed E-state index contributed by atoms with van der Waals surface area (Å²) < 4.78 is 0. The van der Waals surface area contributed by atoms with E-state index in [0.29, 0.717) is 12.0 Å². The molecule has 3 heteroatoms. The SMILES string of the molecule is CC(C)c1ccc(CNC2CCCC(C(=O)O)C2)cc1. The summed E-state index contributed by atoms with van der Waals surface area (Å²) in [5.74, 6) is -0.242. The van der Waals surface area contributed by atoms with Crippen LogP contribution in [0.4, 0.5) is 0 Å². The van der Waals surface area contributed by atoms with Crippen molar-refractivity contribution in [2.24, 2.45) is 5.92 Å². The fraction of sp³-hybridized carbons (Fsp3) is 0.588. The van der Waals surface area contributed by atoms with E-state index in [1.165, 1.54) is 11.1 Å². The Morgan fingerprint density at radius 2 is 2.00 bits per heavy atom. The van der Waals surface area contributed by atoms with E-state index in [0.717, 1.165) is 32.2 Å². The average Bonchev–Trinajstić information content (AvgIpc) is 2.46. The van der Waals surface area contributed by atoms with Gasteiger partial charge in [-0.05, 0) is 36.3 Å². The maximum Gasteiger partial charge on any atom is 0.306 e. The molecule has 2 N–H and O–H groups in total. The molecule has 0 radical (unpaired) electrons. The third-order valence-electron chi connectivity index (χ3n) is 4.26. The van der Waals surface area contributed by atoms with Gasteiger partial charge in [0.25, 0.3) is 0 Å². The summed E-state index contributed by atoms with van der Waals surface area (Å²) in [5.41, 5.74) is 2.63. The number of carboxylic acid groups (broad SMARTS) is 1. The second kappa shape index (κ2) is 6.89. The maximum atomic E-state index is 11.0. The number of carbonyl (C=O) groups is 1. The molecule has 110 valence electrons. The molecule has 0 heterocycles. The van der Waals surface area contributed by atoms with E-state index in [9.17, 15) is 4.79 Å². The Hall–Kier alpha value is -1.35. The molecule has 1 aliphatic rings. The molecule has 1 aromatic rings. The van der Waals surface area contributed by atoms with Crippen LogP contribution in [-0.2, 0) is 11.3 Å². The molecule has 1 saturated carbocycles. The summed E-state index contributed by atoms with van der Waals surface area (Å²) in [5, 5.41) is 12.6. The minimum absolute atomic E-state index is 0.162. The van der Waals surface area contributed by atoms with Gasteiger partial charge in [-0.3, -0.25) is 4.79 Å². The van der Waals surface area contributed by atoms with Crippen LogP contribution in [0, 0.1) is 5.92 Å². The lowest BCUT2D eigenvalue weighted by molar-refractivity contribution is -0.143. The quantitative estimate of drug-likeness (QED) is 0.864. The molecule has 0 aromatic heterocycles. The molecule has 20 heavy (non-hydrogen) atoms. The topological polar surface area (TPSA) is 49.3 Å².